The van der Waals surface area contributed by atoms with Crippen LogP contribution in [0, 0.1) is 23.7 Å². The summed E-state index contributed by atoms with van der Waals surface area (Å²) in [4.78, 5) is 5.07. The molecule has 2 aliphatic heterocycles. The zero-order chi connectivity index (χ0) is 11.7. The number of likely N-dealkylation sites (tertiary alicyclic amines) is 2. The SMILES string of the molecule is CC1CC(C2CN(C)CCC2C)CN(C)C1. The number of hydrogen-bond donors (Lipinski definition) is 0. The second kappa shape index (κ2) is 5.05. The summed E-state index contributed by atoms with van der Waals surface area (Å²) in [7, 11) is 4.58. The predicted octanol–water partition coefficient (Wildman–Crippen LogP) is 2.16. The Kier molecular flexibility index (Phi) is 3.91. The first-order valence-corrected chi connectivity index (χ1v) is 6.93. The van der Waals surface area contributed by atoms with Crippen molar-refractivity contribution in [1.82, 2.24) is 9.80 Å². The highest BCUT2D eigenvalue weighted by Gasteiger charge is 2.34. The van der Waals surface area contributed by atoms with Gasteiger partial charge in [0.15, 0.2) is 0 Å². The molecule has 0 aromatic rings. The molecule has 0 aliphatic carbocycles. The quantitative estimate of drug-likeness (QED) is 0.673. The van der Waals surface area contributed by atoms with E-state index in [1.807, 2.05) is 0 Å². The summed E-state index contributed by atoms with van der Waals surface area (Å²) in [5.74, 6) is 3.69. The Bertz CT molecular complexity index is 219. The number of rotatable bonds is 1. The van der Waals surface area contributed by atoms with Crippen LogP contribution < -0.4 is 0 Å². The van der Waals surface area contributed by atoms with Crippen molar-refractivity contribution in [2.75, 3.05) is 40.3 Å². The fourth-order valence-electron chi connectivity index (χ4n) is 3.87. The zero-order valence-electron chi connectivity index (χ0n) is 11.4. The third-order valence-electron chi connectivity index (χ3n) is 4.70. The smallest absolute Gasteiger partial charge is 0.00123 e. The summed E-state index contributed by atoms with van der Waals surface area (Å²) >= 11 is 0. The van der Waals surface area contributed by atoms with E-state index in [9.17, 15) is 0 Å². The van der Waals surface area contributed by atoms with Crippen molar-refractivity contribution in [2.45, 2.75) is 26.7 Å². The molecule has 4 atom stereocenters. The molecule has 0 aromatic carbocycles. The Morgan fingerprint density at radius 3 is 2.38 bits per heavy atom. The summed E-state index contributed by atoms with van der Waals surface area (Å²) in [6, 6.07) is 0. The van der Waals surface area contributed by atoms with E-state index in [0.29, 0.717) is 0 Å². The van der Waals surface area contributed by atoms with Gasteiger partial charge in [-0.2, -0.15) is 0 Å². The average molecular weight is 224 g/mol. The molecule has 2 fully saturated rings. The van der Waals surface area contributed by atoms with E-state index in [1.165, 1.54) is 39.0 Å². The molecule has 2 heterocycles. The fourth-order valence-corrected chi connectivity index (χ4v) is 3.87. The van der Waals surface area contributed by atoms with Gasteiger partial charge in [-0.1, -0.05) is 13.8 Å². The van der Waals surface area contributed by atoms with E-state index in [0.717, 1.165) is 23.7 Å². The van der Waals surface area contributed by atoms with Gasteiger partial charge in [-0.15, -0.1) is 0 Å². The second-order valence-electron chi connectivity index (χ2n) is 6.51. The third-order valence-corrected chi connectivity index (χ3v) is 4.70. The van der Waals surface area contributed by atoms with Crippen molar-refractivity contribution in [3.63, 3.8) is 0 Å². The van der Waals surface area contributed by atoms with Crippen LogP contribution in [0.15, 0.2) is 0 Å². The molecule has 2 aliphatic rings. The average Bonchev–Trinajstić information content (AvgIpc) is 2.20. The maximum absolute atomic E-state index is 2.54. The van der Waals surface area contributed by atoms with Crippen LogP contribution in [0.3, 0.4) is 0 Å². The fraction of sp³-hybridized carbons (Fsp3) is 1.00. The van der Waals surface area contributed by atoms with Crippen LogP contribution >= 0.6 is 0 Å². The molecular formula is C14H28N2. The Labute approximate surface area is 101 Å². The van der Waals surface area contributed by atoms with Gasteiger partial charge >= 0.3 is 0 Å². The van der Waals surface area contributed by atoms with E-state index in [2.05, 4.69) is 37.7 Å². The van der Waals surface area contributed by atoms with E-state index >= 15 is 0 Å². The predicted molar refractivity (Wildman–Crippen MR) is 69.5 cm³/mol. The lowest BCUT2D eigenvalue weighted by atomic mass is 9.73. The largest absolute Gasteiger partial charge is 0.306 e. The highest BCUT2D eigenvalue weighted by atomic mass is 15.1. The maximum atomic E-state index is 2.54. The van der Waals surface area contributed by atoms with Gasteiger partial charge in [0.1, 0.15) is 0 Å². The molecule has 2 rings (SSSR count). The molecule has 0 saturated carbocycles. The van der Waals surface area contributed by atoms with Crippen LogP contribution in [0.4, 0.5) is 0 Å². The minimum absolute atomic E-state index is 0.892. The summed E-state index contributed by atoms with van der Waals surface area (Å²) in [6.45, 7) is 10.1. The van der Waals surface area contributed by atoms with Crippen molar-refractivity contribution in [3.05, 3.63) is 0 Å². The molecule has 0 radical (unpaired) electrons. The van der Waals surface area contributed by atoms with E-state index in [1.54, 1.807) is 0 Å². The second-order valence-corrected chi connectivity index (χ2v) is 6.51. The highest BCUT2D eigenvalue weighted by molar-refractivity contribution is 4.86. The summed E-state index contributed by atoms with van der Waals surface area (Å²) in [5.41, 5.74) is 0. The van der Waals surface area contributed by atoms with Crippen molar-refractivity contribution in [1.29, 1.82) is 0 Å². The monoisotopic (exact) mass is 224 g/mol. The van der Waals surface area contributed by atoms with E-state index in [4.69, 9.17) is 0 Å². The normalized spacial score (nSPS) is 43.5. The molecule has 0 aromatic heterocycles. The minimum Gasteiger partial charge on any atom is -0.306 e. The molecule has 2 nitrogen and oxygen atoms in total. The first kappa shape index (κ1) is 12.4. The highest BCUT2D eigenvalue weighted by Crippen LogP contribution is 2.35. The van der Waals surface area contributed by atoms with Crippen LogP contribution in [0.2, 0.25) is 0 Å². The molecule has 94 valence electrons. The molecule has 2 saturated heterocycles. The van der Waals surface area contributed by atoms with Gasteiger partial charge in [-0.25, -0.2) is 0 Å². The van der Waals surface area contributed by atoms with Crippen LogP contribution in [0.25, 0.3) is 0 Å². The topological polar surface area (TPSA) is 6.48 Å². The lowest BCUT2D eigenvalue weighted by Gasteiger charge is -2.44. The summed E-state index contributed by atoms with van der Waals surface area (Å²) in [6.07, 6.45) is 2.85. The van der Waals surface area contributed by atoms with E-state index in [-0.39, 0.29) is 0 Å². The maximum Gasteiger partial charge on any atom is 0.00123 e. The van der Waals surface area contributed by atoms with Gasteiger partial charge in [-0.05, 0) is 57.2 Å². The van der Waals surface area contributed by atoms with Crippen molar-refractivity contribution in [2.24, 2.45) is 23.7 Å². The molecule has 0 bridgehead atoms. The van der Waals surface area contributed by atoms with Gasteiger partial charge in [0.2, 0.25) is 0 Å². The molecule has 16 heavy (non-hydrogen) atoms. The van der Waals surface area contributed by atoms with Crippen molar-refractivity contribution < 1.29 is 0 Å². The molecule has 4 unspecified atom stereocenters. The lowest BCUT2D eigenvalue weighted by Crippen LogP contribution is -2.47. The van der Waals surface area contributed by atoms with Gasteiger partial charge in [-0.3, -0.25) is 0 Å². The first-order valence-electron chi connectivity index (χ1n) is 6.93. The Balaban J connectivity index is 1.99. The Morgan fingerprint density at radius 1 is 0.938 bits per heavy atom. The van der Waals surface area contributed by atoms with Crippen LogP contribution in [-0.4, -0.2) is 50.1 Å². The molecule has 2 heteroatoms. The Morgan fingerprint density at radius 2 is 1.69 bits per heavy atom. The first-order chi connectivity index (χ1) is 7.56. The van der Waals surface area contributed by atoms with Gasteiger partial charge in [0, 0.05) is 19.6 Å². The van der Waals surface area contributed by atoms with Crippen LogP contribution in [0.1, 0.15) is 26.7 Å². The van der Waals surface area contributed by atoms with Crippen LogP contribution in [0.5, 0.6) is 0 Å². The van der Waals surface area contributed by atoms with Gasteiger partial charge in [0.05, 0.1) is 0 Å². The molecular weight excluding hydrogens is 196 g/mol. The molecule has 0 spiro atoms. The van der Waals surface area contributed by atoms with E-state index < -0.39 is 0 Å². The lowest BCUT2D eigenvalue weighted by molar-refractivity contribution is 0.0471. The van der Waals surface area contributed by atoms with Gasteiger partial charge < -0.3 is 9.80 Å². The van der Waals surface area contributed by atoms with Crippen molar-refractivity contribution >= 4 is 0 Å². The molecule has 0 amide bonds. The minimum atomic E-state index is 0.892. The zero-order valence-corrected chi connectivity index (χ0v) is 11.4. The third kappa shape index (κ3) is 2.78. The summed E-state index contributed by atoms with van der Waals surface area (Å²) in [5, 5.41) is 0. The standard InChI is InChI=1S/C14H28N2/c1-11-7-13(9-16(4)8-11)14-10-15(3)6-5-12(14)2/h11-14H,5-10H2,1-4H3. The Hall–Kier alpha value is -0.0800. The summed E-state index contributed by atoms with van der Waals surface area (Å²) < 4.78 is 0. The van der Waals surface area contributed by atoms with Crippen molar-refractivity contribution in [3.8, 4) is 0 Å². The molecule has 0 N–H and O–H groups in total. The van der Waals surface area contributed by atoms with Gasteiger partial charge in [0.25, 0.3) is 0 Å². The number of hydrogen-bond acceptors (Lipinski definition) is 2. The van der Waals surface area contributed by atoms with Crippen LogP contribution in [-0.2, 0) is 0 Å². The number of piperidine rings is 2. The number of nitrogens with zero attached hydrogens (tertiary/aromatic N) is 2.